The number of aromatic nitrogens is 1. The first-order valence-corrected chi connectivity index (χ1v) is 4.46. The molecule has 3 nitrogen and oxygen atoms in total. The lowest BCUT2D eigenvalue weighted by molar-refractivity contribution is -0.0392. The molecule has 0 atom stereocenters. The molecule has 3 heteroatoms. The van der Waals surface area contributed by atoms with Gasteiger partial charge in [0, 0.05) is 11.8 Å². The summed E-state index contributed by atoms with van der Waals surface area (Å²) in [7, 11) is 1.60. The van der Waals surface area contributed by atoms with Gasteiger partial charge in [0.15, 0.2) is 0 Å². The zero-order chi connectivity index (χ0) is 9.31. The zero-order valence-corrected chi connectivity index (χ0v) is 7.66. The molecule has 2 rings (SSSR count). The molecule has 0 aliphatic heterocycles. The number of pyridine rings is 1. The lowest BCUT2D eigenvalue weighted by atomic mass is 9.76. The highest BCUT2D eigenvalue weighted by Gasteiger charge is 2.36. The van der Waals surface area contributed by atoms with Gasteiger partial charge in [0.2, 0.25) is 0 Å². The second-order valence-electron chi connectivity index (χ2n) is 3.50. The second kappa shape index (κ2) is 3.00. The van der Waals surface area contributed by atoms with E-state index in [1.165, 1.54) is 0 Å². The van der Waals surface area contributed by atoms with Crippen molar-refractivity contribution in [3.63, 3.8) is 0 Å². The highest BCUT2D eigenvalue weighted by molar-refractivity contribution is 5.29. The Balaban J connectivity index is 2.29. The molecule has 0 bridgehead atoms. The first-order valence-electron chi connectivity index (χ1n) is 4.46. The third kappa shape index (κ3) is 1.40. The quantitative estimate of drug-likeness (QED) is 0.747. The van der Waals surface area contributed by atoms with Crippen LogP contribution in [0.5, 0.6) is 5.75 Å². The molecule has 1 aromatic heterocycles. The molecule has 1 heterocycles. The van der Waals surface area contributed by atoms with Crippen molar-refractivity contribution in [3.8, 4) is 5.75 Å². The lowest BCUT2D eigenvalue weighted by Crippen LogP contribution is -2.33. The summed E-state index contributed by atoms with van der Waals surface area (Å²) in [6.07, 6.45) is 6.12. The summed E-state index contributed by atoms with van der Waals surface area (Å²) < 4.78 is 5.04. The lowest BCUT2D eigenvalue weighted by Gasteiger charge is -2.36. The predicted octanol–water partition coefficient (Wildman–Crippen LogP) is 1.46. The van der Waals surface area contributed by atoms with Crippen LogP contribution >= 0.6 is 0 Å². The van der Waals surface area contributed by atoms with Crippen molar-refractivity contribution < 1.29 is 9.84 Å². The SMILES string of the molecule is COc1cncc(C2(O)CCC2)c1. The Bertz CT molecular complexity index is 308. The minimum Gasteiger partial charge on any atom is -0.495 e. The Morgan fingerprint density at radius 2 is 2.23 bits per heavy atom. The van der Waals surface area contributed by atoms with Crippen LogP contribution in [-0.4, -0.2) is 17.2 Å². The molecule has 1 fully saturated rings. The highest BCUT2D eigenvalue weighted by Crippen LogP contribution is 2.41. The molecule has 0 aromatic carbocycles. The molecule has 1 aromatic rings. The molecule has 0 spiro atoms. The van der Waals surface area contributed by atoms with Crippen LogP contribution in [0.3, 0.4) is 0 Å². The fraction of sp³-hybridized carbons (Fsp3) is 0.500. The maximum absolute atomic E-state index is 10.0. The number of nitrogens with zero attached hydrogens (tertiary/aromatic N) is 1. The summed E-state index contributed by atoms with van der Waals surface area (Å²) in [6.45, 7) is 0. The average molecular weight is 179 g/mol. The number of aliphatic hydroxyl groups is 1. The normalized spacial score (nSPS) is 19.2. The van der Waals surface area contributed by atoms with Crippen molar-refractivity contribution in [2.45, 2.75) is 24.9 Å². The summed E-state index contributed by atoms with van der Waals surface area (Å²) in [5.41, 5.74) is 0.236. The van der Waals surface area contributed by atoms with Crippen molar-refractivity contribution in [2.24, 2.45) is 0 Å². The molecule has 1 N–H and O–H groups in total. The first-order chi connectivity index (χ1) is 6.24. The Morgan fingerprint density at radius 3 is 2.77 bits per heavy atom. The molecular formula is C10H13NO2. The third-order valence-electron chi connectivity index (χ3n) is 2.67. The largest absolute Gasteiger partial charge is 0.495 e. The Hall–Kier alpha value is -1.09. The molecule has 0 radical (unpaired) electrons. The van der Waals surface area contributed by atoms with E-state index >= 15 is 0 Å². The van der Waals surface area contributed by atoms with E-state index in [1.807, 2.05) is 6.07 Å². The van der Waals surface area contributed by atoms with Gasteiger partial charge < -0.3 is 9.84 Å². The van der Waals surface area contributed by atoms with Crippen molar-refractivity contribution >= 4 is 0 Å². The van der Waals surface area contributed by atoms with E-state index in [1.54, 1.807) is 19.5 Å². The van der Waals surface area contributed by atoms with Crippen LogP contribution in [0.1, 0.15) is 24.8 Å². The van der Waals surface area contributed by atoms with Gasteiger partial charge in [0.05, 0.1) is 18.9 Å². The van der Waals surface area contributed by atoms with Crippen molar-refractivity contribution in [2.75, 3.05) is 7.11 Å². The van der Waals surface area contributed by atoms with Crippen LogP contribution in [0.4, 0.5) is 0 Å². The van der Waals surface area contributed by atoms with Gasteiger partial charge in [-0.1, -0.05) is 0 Å². The van der Waals surface area contributed by atoms with Crippen LogP contribution < -0.4 is 4.74 Å². The Morgan fingerprint density at radius 1 is 1.46 bits per heavy atom. The van der Waals surface area contributed by atoms with Gasteiger partial charge in [0.1, 0.15) is 5.75 Å². The second-order valence-corrected chi connectivity index (χ2v) is 3.50. The van der Waals surface area contributed by atoms with Gasteiger partial charge in [-0.3, -0.25) is 4.98 Å². The highest BCUT2D eigenvalue weighted by atomic mass is 16.5. The number of rotatable bonds is 2. The third-order valence-corrected chi connectivity index (χ3v) is 2.67. The minimum absolute atomic E-state index is 0.637. The Labute approximate surface area is 77.4 Å². The standard InChI is InChI=1S/C10H13NO2/c1-13-9-5-8(6-11-7-9)10(12)3-2-4-10/h5-7,12H,2-4H2,1H3. The van der Waals surface area contributed by atoms with Gasteiger partial charge in [-0.25, -0.2) is 0 Å². The van der Waals surface area contributed by atoms with E-state index in [0.717, 1.165) is 24.8 Å². The summed E-state index contributed by atoms with van der Waals surface area (Å²) >= 11 is 0. The number of hydrogen-bond donors (Lipinski definition) is 1. The van der Waals surface area contributed by atoms with Gasteiger partial charge in [-0.15, -0.1) is 0 Å². The van der Waals surface area contributed by atoms with E-state index in [0.29, 0.717) is 5.75 Å². The van der Waals surface area contributed by atoms with Gasteiger partial charge in [-0.2, -0.15) is 0 Å². The summed E-state index contributed by atoms with van der Waals surface area (Å²) in [5.74, 6) is 0.706. The van der Waals surface area contributed by atoms with Crippen molar-refractivity contribution in [3.05, 3.63) is 24.0 Å². The average Bonchev–Trinajstić information content (AvgIpc) is 2.14. The fourth-order valence-electron chi connectivity index (χ4n) is 1.59. The number of ether oxygens (including phenoxy) is 1. The van der Waals surface area contributed by atoms with Crippen LogP contribution in [0.25, 0.3) is 0 Å². The molecular weight excluding hydrogens is 166 g/mol. The minimum atomic E-state index is -0.637. The molecule has 1 saturated carbocycles. The first kappa shape index (κ1) is 8.51. The van der Waals surface area contributed by atoms with E-state index in [9.17, 15) is 5.11 Å². The molecule has 1 aliphatic rings. The topological polar surface area (TPSA) is 42.4 Å². The molecule has 1 aliphatic carbocycles. The van der Waals surface area contributed by atoms with Crippen LogP contribution in [-0.2, 0) is 5.60 Å². The number of hydrogen-bond acceptors (Lipinski definition) is 3. The van der Waals surface area contributed by atoms with Crippen molar-refractivity contribution in [1.29, 1.82) is 0 Å². The molecule has 70 valence electrons. The summed E-state index contributed by atoms with van der Waals surface area (Å²) in [6, 6.07) is 1.85. The maximum atomic E-state index is 10.0. The molecule has 13 heavy (non-hydrogen) atoms. The monoisotopic (exact) mass is 179 g/mol. The fourth-order valence-corrected chi connectivity index (χ4v) is 1.59. The van der Waals surface area contributed by atoms with Crippen LogP contribution in [0.2, 0.25) is 0 Å². The van der Waals surface area contributed by atoms with E-state index in [2.05, 4.69) is 4.98 Å². The predicted molar refractivity (Wildman–Crippen MR) is 48.5 cm³/mol. The van der Waals surface area contributed by atoms with E-state index in [-0.39, 0.29) is 0 Å². The molecule has 0 amide bonds. The van der Waals surface area contributed by atoms with Crippen LogP contribution in [0, 0.1) is 0 Å². The summed E-state index contributed by atoms with van der Waals surface area (Å²) in [5, 5.41) is 10.0. The summed E-state index contributed by atoms with van der Waals surface area (Å²) in [4.78, 5) is 4.02. The van der Waals surface area contributed by atoms with Gasteiger partial charge in [0.25, 0.3) is 0 Å². The molecule has 0 unspecified atom stereocenters. The van der Waals surface area contributed by atoms with Crippen molar-refractivity contribution in [1.82, 2.24) is 4.98 Å². The molecule has 0 saturated heterocycles. The maximum Gasteiger partial charge on any atom is 0.137 e. The van der Waals surface area contributed by atoms with E-state index in [4.69, 9.17) is 4.74 Å². The van der Waals surface area contributed by atoms with E-state index < -0.39 is 5.60 Å². The zero-order valence-electron chi connectivity index (χ0n) is 7.66. The smallest absolute Gasteiger partial charge is 0.137 e. The number of methoxy groups -OCH3 is 1. The van der Waals surface area contributed by atoms with Crippen LogP contribution in [0.15, 0.2) is 18.5 Å². The Kier molecular flexibility index (Phi) is 1.96. The van der Waals surface area contributed by atoms with Gasteiger partial charge >= 0.3 is 0 Å². The van der Waals surface area contributed by atoms with Gasteiger partial charge in [-0.05, 0) is 25.3 Å².